The quantitative estimate of drug-likeness (QED) is 0.927. The minimum Gasteiger partial charge on any atom is -0.481 e. The number of hydrogen-bond acceptors (Lipinski definition) is 3. The van der Waals surface area contributed by atoms with E-state index in [1.165, 1.54) is 0 Å². The molecule has 2 rings (SSSR count). The van der Waals surface area contributed by atoms with Gasteiger partial charge in [-0.15, -0.1) is 0 Å². The molecule has 2 atom stereocenters. The fraction of sp³-hybridized carbons (Fsp3) is 0.533. The molecule has 0 radical (unpaired) electrons. The summed E-state index contributed by atoms with van der Waals surface area (Å²) in [6.07, 6.45) is 1.63. The zero-order valence-corrected chi connectivity index (χ0v) is 12.7. The minimum absolute atomic E-state index is 0.00123. The molecular weight excluding hydrogens is 276 g/mol. The Morgan fingerprint density at radius 2 is 2.35 bits per heavy atom. The Morgan fingerprint density at radius 3 is 3.00 bits per heavy atom. The maximum Gasteiger partial charge on any atom is 0.263 e. The normalized spacial score (nSPS) is 20.2. The summed E-state index contributed by atoms with van der Waals surface area (Å²) in [4.78, 5) is 14.2. The number of piperidine rings is 1. The molecule has 1 N–H and O–H groups in total. The number of ether oxygens (including phenoxy) is 1. The van der Waals surface area contributed by atoms with Crippen molar-refractivity contribution in [3.05, 3.63) is 29.3 Å². The number of amides is 1. The highest BCUT2D eigenvalue weighted by atomic mass is 35.5. The SMILES string of the molecule is CC(Oc1cccc(Cl)c1)C(=O)N(C)C1CCCNC1. The lowest BCUT2D eigenvalue weighted by atomic mass is 10.1. The van der Waals surface area contributed by atoms with Crippen molar-refractivity contribution < 1.29 is 9.53 Å². The van der Waals surface area contributed by atoms with Gasteiger partial charge in [-0.25, -0.2) is 0 Å². The lowest BCUT2D eigenvalue weighted by Crippen LogP contribution is -2.50. The number of carbonyl (C=O) groups is 1. The number of carbonyl (C=O) groups excluding carboxylic acids is 1. The van der Waals surface area contributed by atoms with Crippen molar-refractivity contribution in [1.29, 1.82) is 0 Å². The first-order valence-electron chi connectivity index (χ1n) is 6.97. The van der Waals surface area contributed by atoms with E-state index in [0.29, 0.717) is 10.8 Å². The Hall–Kier alpha value is -1.26. The van der Waals surface area contributed by atoms with Crippen LogP contribution in [-0.2, 0) is 4.79 Å². The van der Waals surface area contributed by atoms with E-state index in [2.05, 4.69) is 5.32 Å². The summed E-state index contributed by atoms with van der Waals surface area (Å²) in [5.41, 5.74) is 0. The van der Waals surface area contributed by atoms with Crippen LogP contribution in [0.3, 0.4) is 0 Å². The van der Waals surface area contributed by atoms with Crippen LogP contribution in [0, 0.1) is 0 Å². The van der Waals surface area contributed by atoms with Gasteiger partial charge in [-0.3, -0.25) is 4.79 Å². The summed E-state index contributed by atoms with van der Waals surface area (Å²) < 4.78 is 5.67. The van der Waals surface area contributed by atoms with Crippen molar-refractivity contribution in [2.24, 2.45) is 0 Å². The second-order valence-corrected chi connectivity index (χ2v) is 5.60. The van der Waals surface area contributed by atoms with Crippen LogP contribution in [0.25, 0.3) is 0 Å². The topological polar surface area (TPSA) is 41.6 Å². The second kappa shape index (κ2) is 6.95. The average Bonchev–Trinajstić information content (AvgIpc) is 2.46. The van der Waals surface area contributed by atoms with Gasteiger partial charge in [-0.05, 0) is 44.5 Å². The highest BCUT2D eigenvalue weighted by Crippen LogP contribution is 2.19. The molecule has 0 aliphatic carbocycles. The zero-order valence-electron chi connectivity index (χ0n) is 11.9. The molecule has 0 saturated carbocycles. The van der Waals surface area contributed by atoms with Gasteiger partial charge in [0.15, 0.2) is 6.10 Å². The molecule has 2 unspecified atom stereocenters. The van der Waals surface area contributed by atoms with Crippen LogP contribution in [0.5, 0.6) is 5.75 Å². The molecule has 1 fully saturated rings. The van der Waals surface area contributed by atoms with Crippen LogP contribution in [0.1, 0.15) is 19.8 Å². The van der Waals surface area contributed by atoms with E-state index in [1.54, 1.807) is 30.0 Å². The third kappa shape index (κ3) is 3.87. The monoisotopic (exact) mass is 296 g/mol. The molecule has 1 saturated heterocycles. The van der Waals surface area contributed by atoms with Gasteiger partial charge in [0.1, 0.15) is 5.75 Å². The largest absolute Gasteiger partial charge is 0.481 e. The molecule has 5 heteroatoms. The number of nitrogens with zero attached hydrogens (tertiary/aromatic N) is 1. The first-order chi connectivity index (χ1) is 9.58. The van der Waals surface area contributed by atoms with Gasteiger partial charge in [-0.1, -0.05) is 17.7 Å². The van der Waals surface area contributed by atoms with Crippen molar-refractivity contribution in [2.75, 3.05) is 20.1 Å². The number of rotatable bonds is 4. The van der Waals surface area contributed by atoms with Gasteiger partial charge in [0, 0.05) is 24.7 Å². The Morgan fingerprint density at radius 1 is 1.55 bits per heavy atom. The smallest absolute Gasteiger partial charge is 0.263 e. The molecular formula is C15H21ClN2O2. The zero-order chi connectivity index (χ0) is 14.5. The molecule has 1 amide bonds. The third-order valence-corrected chi connectivity index (χ3v) is 3.86. The van der Waals surface area contributed by atoms with Gasteiger partial charge in [0.25, 0.3) is 5.91 Å². The van der Waals surface area contributed by atoms with Gasteiger partial charge in [0.05, 0.1) is 0 Å². The molecule has 0 aromatic heterocycles. The molecule has 4 nitrogen and oxygen atoms in total. The van der Waals surface area contributed by atoms with Gasteiger partial charge < -0.3 is 15.0 Å². The Balaban J connectivity index is 1.93. The van der Waals surface area contributed by atoms with Crippen molar-refractivity contribution in [3.8, 4) is 5.75 Å². The van der Waals surface area contributed by atoms with Crippen LogP contribution in [0.2, 0.25) is 5.02 Å². The molecule has 1 aromatic rings. The van der Waals surface area contributed by atoms with Gasteiger partial charge in [-0.2, -0.15) is 0 Å². The predicted octanol–water partition coefficient (Wildman–Crippen LogP) is 2.32. The van der Waals surface area contributed by atoms with E-state index in [-0.39, 0.29) is 11.9 Å². The second-order valence-electron chi connectivity index (χ2n) is 5.17. The highest BCUT2D eigenvalue weighted by molar-refractivity contribution is 6.30. The van der Waals surface area contributed by atoms with E-state index in [4.69, 9.17) is 16.3 Å². The molecule has 1 heterocycles. The maximum absolute atomic E-state index is 12.4. The molecule has 1 aromatic carbocycles. The van der Waals surface area contributed by atoms with E-state index < -0.39 is 6.10 Å². The van der Waals surface area contributed by atoms with Crippen LogP contribution >= 0.6 is 11.6 Å². The van der Waals surface area contributed by atoms with E-state index >= 15 is 0 Å². The Kier molecular flexibility index (Phi) is 5.26. The average molecular weight is 297 g/mol. The van der Waals surface area contributed by atoms with Crippen molar-refractivity contribution in [2.45, 2.75) is 31.9 Å². The molecule has 20 heavy (non-hydrogen) atoms. The van der Waals surface area contributed by atoms with Gasteiger partial charge >= 0.3 is 0 Å². The Bertz CT molecular complexity index is 461. The maximum atomic E-state index is 12.4. The first kappa shape index (κ1) is 15.1. The molecule has 110 valence electrons. The number of benzene rings is 1. The lowest BCUT2D eigenvalue weighted by Gasteiger charge is -2.33. The number of nitrogens with one attached hydrogen (secondary N) is 1. The predicted molar refractivity (Wildman–Crippen MR) is 80.2 cm³/mol. The molecule has 0 spiro atoms. The van der Waals surface area contributed by atoms with Crippen molar-refractivity contribution >= 4 is 17.5 Å². The fourth-order valence-corrected chi connectivity index (χ4v) is 2.61. The van der Waals surface area contributed by atoms with Gasteiger partial charge in [0.2, 0.25) is 0 Å². The van der Waals surface area contributed by atoms with Crippen molar-refractivity contribution in [1.82, 2.24) is 10.2 Å². The Labute approximate surface area is 125 Å². The molecule has 0 bridgehead atoms. The van der Waals surface area contributed by atoms with Crippen LogP contribution < -0.4 is 10.1 Å². The number of halogens is 1. The minimum atomic E-state index is -0.514. The van der Waals surface area contributed by atoms with E-state index in [9.17, 15) is 4.79 Å². The van der Waals surface area contributed by atoms with E-state index in [0.717, 1.165) is 25.9 Å². The summed E-state index contributed by atoms with van der Waals surface area (Å²) in [6.45, 7) is 3.66. The molecule has 1 aliphatic rings. The van der Waals surface area contributed by atoms with Crippen LogP contribution in [0.15, 0.2) is 24.3 Å². The number of likely N-dealkylation sites (N-methyl/N-ethyl adjacent to an activating group) is 1. The summed E-state index contributed by atoms with van der Waals surface area (Å²) in [5.74, 6) is 0.618. The van der Waals surface area contributed by atoms with E-state index in [1.807, 2.05) is 13.1 Å². The standard InChI is InChI=1S/C15H21ClN2O2/c1-11(20-14-7-3-5-12(16)9-14)15(19)18(2)13-6-4-8-17-10-13/h3,5,7,9,11,13,17H,4,6,8,10H2,1-2H3. The van der Waals surface area contributed by atoms with Crippen LogP contribution in [0.4, 0.5) is 0 Å². The summed E-state index contributed by atoms with van der Waals surface area (Å²) in [6, 6.07) is 7.36. The van der Waals surface area contributed by atoms with Crippen LogP contribution in [-0.4, -0.2) is 43.1 Å². The summed E-state index contributed by atoms with van der Waals surface area (Å²) in [5, 5.41) is 3.92. The third-order valence-electron chi connectivity index (χ3n) is 3.62. The summed E-state index contributed by atoms with van der Waals surface area (Å²) in [7, 11) is 1.85. The number of hydrogen-bond donors (Lipinski definition) is 1. The molecule has 1 aliphatic heterocycles. The highest BCUT2D eigenvalue weighted by Gasteiger charge is 2.26. The first-order valence-corrected chi connectivity index (χ1v) is 7.35. The lowest BCUT2D eigenvalue weighted by molar-refractivity contribution is -0.139. The fourth-order valence-electron chi connectivity index (χ4n) is 2.43. The van der Waals surface area contributed by atoms with Crippen molar-refractivity contribution in [3.63, 3.8) is 0 Å². The summed E-state index contributed by atoms with van der Waals surface area (Å²) >= 11 is 5.91.